The Morgan fingerprint density at radius 3 is 2.79 bits per heavy atom. The number of nitrogens with zero attached hydrogens (tertiary/aromatic N) is 1. The van der Waals surface area contributed by atoms with Gasteiger partial charge in [-0.2, -0.15) is 0 Å². The molecular formula is C16H14ClF3N2O2. The van der Waals surface area contributed by atoms with Gasteiger partial charge in [0.2, 0.25) is 0 Å². The summed E-state index contributed by atoms with van der Waals surface area (Å²) in [6, 6.07) is 7.35. The predicted molar refractivity (Wildman–Crippen MR) is 83.3 cm³/mol. The lowest BCUT2D eigenvalue weighted by Crippen LogP contribution is -2.38. The fourth-order valence-electron chi connectivity index (χ4n) is 2.76. The van der Waals surface area contributed by atoms with E-state index in [2.05, 4.69) is 10.1 Å². The van der Waals surface area contributed by atoms with Gasteiger partial charge in [-0.25, -0.2) is 0 Å². The van der Waals surface area contributed by atoms with E-state index in [0.29, 0.717) is 35.7 Å². The summed E-state index contributed by atoms with van der Waals surface area (Å²) in [6.45, 7) is 0.476. The Morgan fingerprint density at radius 2 is 2.08 bits per heavy atom. The Bertz CT molecular complexity index is 758. The first-order valence-electron chi connectivity index (χ1n) is 7.29. The third-order valence-corrected chi connectivity index (χ3v) is 4.03. The van der Waals surface area contributed by atoms with Crippen LogP contribution in [0.4, 0.5) is 13.2 Å². The molecule has 0 saturated heterocycles. The van der Waals surface area contributed by atoms with Crippen LogP contribution < -0.4 is 10.1 Å². The van der Waals surface area contributed by atoms with Crippen LogP contribution in [0.5, 0.6) is 5.75 Å². The van der Waals surface area contributed by atoms with E-state index < -0.39 is 6.36 Å². The van der Waals surface area contributed by atoms with E-state index in [1.165, 1.54) is 18.2 Å². The van der Waals surface area contributed by atoms with Crippen LogP contribution in [0.3, 0.4) is 0 Å². The van der Waals surface area contributed by atoms with Gasteiger partial charge in [0, 0.05) is 24.2 Å². The van der Waals surface area contributed by atoms with Crippen molar-refractivity contribution in [3.63, 3.8) is 0 Å². The summed E-state index contributed by atoms with van der Waals surface area (Å²) < 4.78 is 42.8. The highest BCUT2D eigenvalue weighted by molar-refractivity contribution is 6.17. The van der Waals surface area contributed by atoms with E-state index in [9.17, 15) is 18.0 Å². The molecule has 2 aromatic rings. The molecule has 1 atom stereocenters. The lowest BCUT2D eigenvalue weighted by Gasteiger charge is -2.25. The number of amides is 1. The molecular weight excluding hydrogens is 345 g/mol. The van der Waals surface area contributed by atoms with Crippen molar-refractivity contribution in [3.8, 4) is 16.9 Å². The summed E-state index contributed by atoms with van der Waals surface area (Å²) in [5, 5.41) is 2.79. The molecule has 4 nitrogen and oxygen atoms in total. The van der Waals surface area contributed by atoms with Gasteiger partial charge in [-0.1, -0.05) is 12.1 Å². The molecule has 1 aliphatic heterocycles. The standard InChI is InChI=1S/C16H14ClF3N2O2/c17-5-4-12-8-21-15(23)14-7-11(9-22(12)14)10-2-1-3-13(6-10)24-16(18,19)20/h1-3,6-7,9,12H,4-5,8H2,(H,21,23). The molecule has 1 aliphatic rings. The van der Waals surface area contributed by atoms with Gasteiger partial charge in [-0.15, -0.1) is 24.8 Å². The van der Waals surface area contributed by atoms with E-state index in [4.69, 9.17) is 11.6 Å². The fourth-order valence-corrected chi connectivity index (χ4v) is 3.01. The van der Waals surface area contributed by atoms with E-state index in [1.807, 2.05) is 4.57 Å². The Balaban J connectivity index is 1.95. The molecule has 0 radical (unpaired) electrons. The monoisotopic (exact) mass is 358 g/mol. The number of alkyl halides is 4. The van der Waals surface area contributed by atoms with Gasteiger partial charge in [0.1, 0.15) is 11.4 Å². The van der Waals surface area contributed by atoms with Crippen molar-refractivity contribution >= 4 is 17.5 Å². The normalized spacial score (nSPS) is 17.3. The maximum atomic E-state index is 12.4. The number of hydrogen-bond acceptors (Lipinski definition) is 2. The molecule has 1 unspecified atom stereocenters. The molecule has 0 spiro atoms. The van der Waals surface area contributed by atoms with Gasteiger partial charge >= 0.3 is 6.36 Å². The molecule has 0 aliphatic carbocycles. The Kier molecular flexibility index (Phi) is 4.45. The second kappa shape index (κ2) is 6.39. The summed E-state index contributed by atoms with van der Waals surface area (Å²) in [4.78, 5) is 12.0. The number of rotatable bonds is 4. The van der Waals surface area contributed by atoms with E-state index in [1.54, 1.807) is 18.3 Å². The second-order valence-electron chi connectivity index (χ2n) is 5.44. The van der Waals surface area contributed by atoms with Crippen LogP contribution in [0.15, 0.2) is 36.5 Å². The number of carbonyl (C=O) groups is 1. The van der Waals surface area contributed by atoms with Crippen molar-refractivity contribution in [3.05, 3.63) is 42.2 Å². The van der Waals surface area contributed by atoms with E-state index in [0.717, 1.165) is 0 Å². The highest BCUT2D eigenvalue weighted by Gasteiger charge is 2.31. The van der Waals surface area contributed by atoms with Gasteiger partial charge in [-0.3, -0.25) is 4.79 Å². The molecule has 128 valence electrons. The Hall–Kier alpha value is -2.15. The Morgan fingerprint density at radius 1 is 1.29 bits per heavy atom. The molecule has 0 saturated carbocycles. The average Bonchev–Trinajstić information content (AvgIpc) is 2.95. The molecule has 0 bridgehead atoms. The summed E-state index contributed by atoms with van der Waals surface area (Å²) >= 11 is 5.79. The van der Waals surface area contributed by atoms with Crippen molar-refractivity contribution in [2.75, 3.05) is 12.4 Å². The quantitative estimate of drug-likeness (QED) is 0.840. The van der Waals surface area contributed by atoms with Gasteiger partial charge in [-0.05, 0) is 30.2 Å². The molecule has 2 heterocycles. The van der Waals surface area contributed by atoms with Crippen LogP contribution in [-0.2, 0) is 0 Å². The largest absolute Gasteiger partial charge is 0.573 e. The average molecular weight is 359 g/mol. The second-order valence-corrected chi connectivity index (χ2v) is 5.82. The van der Waals surface area contributed by atoms with Crippen LogP contribution in [0.1, 0.15) is 23.0 Å². The molecule has 1 aromatic carbocycles. The molecule has 0 fully saturated rings. The molecule has 1 amide bonds. The lowest BCUT2D eigenvalue weighted by atomic mass is 10.1. The highest BCUT2D eigenvalue weighted by atomic mass is 35.5. The zero-order valence-electron chi connectivity index (χ0n) is 12.4. The Labute approximate surface area is 141 Å². The number of benzene rings is 1. The minimum Gasteiger partial charge on any atom is -0.406 e. The molecule has 24 heavy (non-hydrogen) atoms. The van der Waals surface area contributed by atoms with Crippen molar-refractivity contribution in [1.29, 1.82) is 0 Å². The highest BCUT2D eigenvalue weighted by Crippen LogP contribution is 2.31. The topological polar surface area (TPSA) is 43.3 Å². The summed E-state index contributed by atoms with van der Waals surface area (Å²) in [5.41, 5.74) is 1.65. The lowest BCUT2D eigenvalue weighted by molar-refractivity contribution is -0.274. The first-order chi connectivity index (χ1) is 11.4. The number of nitrogens with one attached hydrogen (secondary N) is 1. The molecule has 8 heteroatoms. The number of ether oxygens (including phenoxy) is 1. The minimum atomic E-state index is -4.75. The zero-order chi connectivity index (χ0) is 17.3. The number of carbonyl (C=O) groups excluding carboxylic acids is 1. The fraction of sp³-hybridized carbons (Fsp3) is 0.312. The number of fused-ring (bicyclic) bond motifs is 1. The summed E-state index contributed by atoms with van der Waals surface area (Å²) in [7, 11) is 0. The minimum absolute atomic E-state index is 0.0264. The third-order valence-electron chi connectivity index (χ3n) is 3.82. The van der Waals surface area contributed by atoms with Crippen LogP contribution >= 0.6 is 11.6 Å². The van der Waals surface area contributed by atoms with Gasteiger partial charge in [0.15, 0.2) is 0 Å². The summed E-state index contributed by atoms with van der Waals surface area (Å²) in [6.07, 6.45) is -2.30. The van der Waals surface area contributed by atoms with Crippen molar-refractivity contribution in [2.45, 2.75) is 18.8 Å². The number of aromatic nitrogens is 1. The van der Waals surface area contributed by atoms with Gasteiger partial charge in [0.25, 0.3) is 5.91 Å². The first kappa shape index (κ1) is 16.7. The van der Waals surface area contributed by atoms with Crippen molar-refractivity contribution in [2.24, 2.45) is 0 Å². The van der Waals surface area contributed by atoms with E-state index in [-0.39, 0.29) is 17.7 Å². The molecule has 1 N–H and O–H groups in total. The van der Waals surface area contributed by atoms with Crippen LogP contribution in [0.25, 0.3) is 11.1 Å². The zero-order valence-corrected chi connectivity index (χ0v) is 13.2. The maximum absolute atomic E-state index is 12.4. The number of hydrogen-bond donors (Lipinski definition) is 1. The molecule has 3 rings (SSSR count). The van der Waals surface area contributed by atoms with Crippen LogP contribution in [0, 0.1) is 0 Å². The van der Waals surface area contributed by atoms with Crippen LogP contribution in [-0.4, -0.2) is 29.3 Å². The van der Waals surface area contributed by atoms with Crippen molar-refractivity contribution < 1.29 is 22.7 Å². The maximum Gasteiger partial charge on any atom is 0.573 e. The predicted octanol–water partition coefficient (Wildman–Crippen LogP) is 3.97. The smallest absolute Gasteiger partial charge is 0.406 e. The van der Waals surface area contributed by atoms with Crippen molar-refractivity contribution in [1.82, 2.24) is 9.88 Å². The third kappa shape index (κ3) is 3.51. The van der Waals surface area contributed by atoms with Gasteiger partial charge < -0.3 is 14.6 Å². The SMILES string of the molecule is O=C1NCC(CCCl)n2cc(-c3cccc(OC(F)(F)F)c3)cc21. The number of halogens is 4. The van der Waals surface area contributed by atoms with Gasteiger partial charge in [0.05, 0.1) is 6.04 Å². The molecule has 1 aromatic heterocycles. The summed E-state index contributed by atoms with van der Waals surface area (Å²) in [5.74, 6) is -0.0664. The van der Waals surface area contributed by atoms with Crippen LogP contribution in [0.2, 0.25) is 0 Å². The van der Waals surface area contributed by atoms with E-state index >= 15 is 0 Å². The first-order valence-corrected chi connectivity index (χ1v) is 7.83.